The van der Waals surface area contributed by atoms with Crippen molar-refractivity contribution in [2.24, 2.45) is 7.05 Å². The standard InChI is InChI=1S/C20H27N7O2/c1-15-12-26(9-10-27(15)19(28)16-11-22-24(2)13-16)20(29)23-17-6-8-25(14-17)18-5-3-4-7-21-18/h3-5,7,11,13,15,17H,6,8-10,12,14H2,1-2H3,(H,23,29)/t15-,17?/m0/s1. The minimum absolute atomic E-state index is 0.0348. The van der Waals surface area contributed by atoms with Crippen LogP contribution in [-0.2, 0) is 7.05 Å². The minimum atomic E-state index is -0.0572. The van der Waals surface area contributed by atoms with E-state index in [9.17, 15) is 9.59 Å². The van der Waals surface area contributed by atoms with Crippen LogP contribution in [0.1, 0.15) is 23.7 Å². The highest BCUT2D eigenvalue weighted by Crippen LogP contribution is 2.18. The Balaban J connectivity index is 1.29. The summed E-state index contributed by atoms with van der Waals surface area (Å²) in [7, 11) is 1.79. The maximum Gasteiger partial charge on any atom is 0.317 e. The zero-order valence-electron chi connectivity index (χ0n) is 16.9. The lowest BCUT2D eigenvalue weighted by Crippen LogP contribution is -2.58. The molecule has 2 saturated heterocycles. The number of anilines is 1. The lowest BCUT2D eigenvalue weighted by Gasteiger charge is -2.40. The third kappa shape index (κ3) is 4.18. The number of carbonyl (C=O) groups excluding carboxylic acids is 2. The van der Waals surface area contributed by atoms with Crippen molar-refractivity contribution in [1.29, 1.82) is 0 Å². The predicted molar refractivity (Wildman–Crippen MR) is 109 cm³/mol. The van der Waals surface area contributed by atoms with Gasteiger partial charge in [-0.25, -0.2) is 9.78 Å². The van der Waals surface area contributed by atoms with Gasteiger partial charge >= 0.3 is 6.03 Å². The number of nitrogens with zero attached hydrogens (tertiary/aromatic N) is 6. The number of amides is 3. The average molecular weight is 397 g/mol. The van der Waals surface area contributed by atoms with E-state index in [0.717, 1.165) is 25.3 Å². The average Bonchev–Trinajstić information content (AvgIpc) is 3.37. The lowest BCUT2D eigenvalue weighted by atomic mass is 10.1. The van der Waals surface area contributed by atoms with Gasteiger partial charge in [-0.2, -0.15) is 5.10 Å². The molecule has 1 unspecified atom stereocenters. The Labute approximate surface area is 170 Å². The molecule has 0 saturated carbocycles. The number of hydrogen-bond donors (Lipinski definition) is 1. The second-order valence-corrected chi connectivity index (χ2v) is 7.77. The highest BCUT2D eigenvalue weighted by molar-refractivity contribution is 5.94. The first-order valence-corrected chi connectivity index (χ1v) is 10.0. The van der Waals surface area contributed by atoms with Crippen molar-refractivity contribution < 1.29 is 9.59 Å². The molecule has 2 fully saturated rings. The van der Waals surface area contributed by atoms with Crippen LogP contribution in [0.3, 0.4) is 0 Å². The summed E-state index contributed by atoms with van der Waals surface area (Å²) in [4.78, 5) is 35.7. The number of aryl methyl sites for hydroxylation is 1. The largest absolute Gasteiger partial charge is 0.354 e. The van der Waals surface area contributed by atoms with Crippen LogP contribution < -0.4 is 10.2 Å². The van der Waals surface area contributed by atoms with Crippen molar-refractivity contribution in [3.63, 3.8) is 0 Å². The third-order valence-corrected chi connectivity index (χ3v) is 5.62. The van der Waals surface area contributed by atoms with Gasteiger partial charge in [0.1, 0.15) is 5.82 Å². The molecule has 2 aliphatic heterocycles. The minimum Gasteiger partial charge on any atom is -0.354 e. The molecule has 2 atom stereocenters. The zero-order chi connectivity index (χ0) is 20.4. The van der Waals surface area contributed by atoms with E-state index in [1.165, 1.54) is 0 Å². The van der Waals surface area contributed by atoms with Gasteiger partial charge < -0.3 is 20.0 Å². The molecular weight excluding hydrogens is 370 g/mol. The van der Waals surface area contributed by atoms with E-state index in [4.69, 9.17) is 0 Å². The van der Waals surface area contributed by atoms with Crippen LogP contribution in [0, 0.1) is 0 Å². The molecule has 2 aliphatic rings. The number of carbonyl (C=O) groups is 2. The monoisotopic (exact) mass is 397 g/mol. The van der Waals surface area contributed by atoms with E-state index >= 15 is 0 Å². The highest BCUT2D eigenvalue weighted by Gasteiger charge is 2.32. The maximum atomic E-state index is 12.8. The molecule has 0 aliphatic carbocycles. The quantitative estimate of drug-likeness (QED) is 0.833. The van der Waals surface area contributed by atoms with Crippen molar-refractivity contribution in [3.05, 3.63) is 42.4 Å². The fourth-order valence-corrected chi connectivity index (χ4v) is 4.03. The Hall–Kier alpha value is -3.10. The molecule has 29 heavy (non-hydrogen) atoms. The Morgan fingerprint density at radius 1 is 1.17 bits per heavy atom. The van der Waals surface area contributed by atoms with Crippen LogP contribution >= 0.6 is 0 Å². The number of nitrogens with one attached hydrogen (secondary N) is 1. The van der Waals surface area contributed by atoms with Gasteiger partial charge in [0.25, 0.3) is 5.91 Å². The van der Waals surface area contributed by atoms with Crippen molar-refractivity contribution in [3.8, 4) is 0 Å². The molecule has 9 heteroatoms. The smallest absolute Gasteiger partial charge is 0.317 e. The van der Waals surface area contributed by atoms with Gasteiger partial charge in [0.2, 0.25) is 0 Å². The van der Waals surface area contributed by atoms with E-state index in [1.54, 1.807) is 35.2 Å². The summed E-state index contributed by atoms with van der Waals surface area (Å²) in [5.41, 5.74) is 0.581. The van der Waals surface area contributed by atoms with Gasteiger partial charge in [-0.3, -0.25) is 9.48 Å². The number of rotatable bonds is 3. The fourth-order valence-electron chi connectivity index (χ4n) is 4.03. The Bertz CT molecular complexity index is 869. The van der Waals surface area contributed by atoms with Gasteiger partial charge in [-0.1, -0.05) is 6.07 Å². The van der Waals surface area contributed by atoms with Gasteiger partial charge in [-0.05, 0) is 25.5 Å². The topological polar surface area (TPSA) is 86.6 Å². The van der Waals surface area contributed by atoms with E-state index in [0.29, 0.717) is 25.2 Å². The molecule has 4 rings (SSSR count). The molecule has 9 nitrogen and oxygen atoms in total. The normalized spacial score (nSPS) is 22.1. The Morgan fingerprint density at radius 2 is 2.03 bits per heavy atom. The predicted octanol–water partition coefficient (Wildman–Crippen LogP) is 0.950. The van der Waals surface area contributed by atoms with Crippen LogP contribution in [0.5, 0.6) is 0 Å². The molecule has 4 heterocycles. The molecule has 2 aromatic heterocycles. The molecule has 0 radical (unpaired) electrons. The van der Waals surface area contributed by atoms with Crippen molar-refractivity contribution in [1.82, 2.24) is 29.9 Å². The highest BCUT2D eigenvalue weighted by atomic mass is 16.2. The van der Waals surface area contributed by atoms with Crippen LogP contribution in [0.25, 0.3) is 0 Å². The SMILES string of the molecule is C[C@H]1CN(C(=O)NC2CCN(c3ccccn3)C2)CCN1C(=O)c1cnn(C)c1. The number of piperazine rings is 1. The van der Waals surface area contributed by atoms with Gasteiger partial charge in [0.15, 0.2) is 0 Å². The molecule has 0 aromatic carbocycles. The molecule has 2 aromatic rings. The van der Waals surface area contributed by atoms with Crippen molar-refractivity contribution >= 4 is 17.8 Å². The molecule has 3 amide bonds. The summed E-state index contributed by atoms with van der Waals surface area (Å²) in [6.07, 6.45) is 6.00. The van der Waals surface area contributed by atoms with Crippen LogP contribution in [0.4, 0.5) is 10.6 Å². The fraction of sp³-hybridized carbons (Fsp3) is 0.500. The summed E-state index contributed by atoms with van der Waals surface area (Å²) in [5.74, 6) is 0.910. The zero-order valence-corrected chi connectivity index (χ0v) is 16.9. The van der Waals surface area contributed by atoms with Gasteiger partial charge in [0, 0.05) is 64.2 Å². The first kappa shape index (κ1) is 19.2. The Morgan fingerprint density at radius 3 is 2.72 bits per heavy atom. The van der Waals surface area contributed by atoms with Crippen LogP contribution in [0.15, 0.2) is 36.8 Å². The van der Waals surface area contributed by atoms with Crippen molar-refractivity contribution in [2.45, 2.75) is 25.4 Å². The molecule has 0 bridgehead atoms. The second-order valence-electron chi connectivity index (χ2n) is 7.77. The number of hydrogen-bond acceptors (Lipinski definition) is 5. The van der Waals surface area contributed by atoms with Gasteiger partial charge in [0.05, 0.1) is 11.8 Å². The van der Waals surface area contributed by atoms with Gasteiger partial charge in [-0.15, -0.1) is 0 Å². The summed E-state index contributed by atoms with van der Waals surface area (Å²) >= 11 is 0. The number of urea groups is 1. The van der Waals surface area contributed by atoms with E-state index < -0.39 is 0 Å². The van der Waals surface area contributed by atoms with Crippen LogP contribution in [-0.4, -0.2) is 81.3 Å². The summed E-state index contributed by atoms with van der Waals surface area (Å²) < 4.78 is 1.62. The summed E-state index contributed by atoms with van der Waals surface area (Å²) in [5, 5.41) is 7.22. The van der Waals surface area contributed by atoms with Crippen molar-refractivity contribution in [2.75, 3.05) is 37.6 Å². The first-order valence-electron chi connectivity index (χ1n) is 10.0. The van der Waals surface area contributed by atoms with E-state index in [1.807, 2.05) is 30.0 Å². The first-order chi connectivity index (χ1) is 14.0. The summed E-state index contributed by atoms with van der Waals surface area (Å²) in [6, 6.07) is 5.87. The van der Waals surface area contributed by atoms with E-state index in [2.05, 4.69) is 20.3 Å². The number of aromatic nitrogens is 3. The molecule has 1 N–H and O–H groups in total. The lowest BCUT2D eigenvalue weighted by molar-refractivity contribution is 0.0537. The molecular formula is C20H27N7O2. The second kappa shape index (κ2) is 8.10. The molecule has 0 spiro atoms. The van der Waals surface area contributed by atoms with Crippen LogP contribution in [0.2, 0.25) is 0 Å². The maximum absolute atomic E-state index is 12.8. The Kier molecular flexibility index (Phi) is 5.37. The van der Waals surface area contributed by atoms with E-state index in [-0.39, 0.29) is 24.0 Å². The summed E-state index contributed by atoms with van der Waals surface area (Å²) in [6.45, 7) is 5.19. The number of pyridine rings is 1. The third-order valence-electron chi connectivity index (χ3n) is 5.62. The molecule has 154 valence electrons.